The van der Waals surface area contributed by atoms with Gasteiger partial charge >= 0.3 is 0 Å². The number of aryl methyl sites for hydroxylation is 1. The van der Waals surface area contributed by atoms with Crippen molar-refractivity contribution >= 4 is 6.29 Å². The van der Waals surface area contributed by atoms with E-state index in [9.17, 15) is 9.18 Å². The van der Waals surface area contributed by atoms with Gasteiger partial charge in [-0.3, -0.25) is 4.79 Å². The van der Waals surface area contributed by atoms with Crippen LogP contribution in [0.2, 0.25) is 0 Å². The van der Waals surface area contributed by atoms with Crippen molar-refractivity contribution in [2.45, 2.75) is 32.6 Å². The third-order valence-electron chi connectivity index (χ3n) is 2.04. The molecular weight excluding hydrogens is 181 g/mol. The van der Waals surface area contributed by atoms with Crippen LogP contribution in [0.3, 0.4) is 0 Å². The van der Waals surface area contributed by atoms with Crippen molar-refractivity contribution in [3.05, 3.63) is 29.3 Å². The molecule has 0 saturated heterocycles. The van der Waals surface area contributed by atoms with E-state index in [0.29, 0.717) is 0 Å². The van der Waals surface area contributed by atoms with Crippen molar-refractivity contribution in [2.75, 3.05) is 0 Å². The molecule has 0 amide bonds. The lowest BCUT2D eigenvalue weighted by molar-refractivity contribution is 0.552. The number of hydrogen-bond acceptors (Lipinski definition) is 2. The van der Waals surface area contributed by atoms with Crippen LogP contribution in [0.25, 0.3) is 0 Å². The molecule has 0 spiro atoms. The van der Waals surface area contributed by atoms with Crippen LogP contribution in [-0.4, -0.2) is 11.3 Å². The van der Waals surface area contributed by atoms with Crippen LogP contribution in [0.5, 0.6) is 0 Å². The van der Waals surface area contributed by atoms with E-state index in [1.54, 1.807) is 6.07 Å². The summed E-state index contributed by atoms with van der Waals surface area (Å²) in [5.74, 6) is -0.598. The van der Waals surface area contributed by atoms with E-state index >= 15 is 0 Å². The topological polar surface area (TPSA) is 30.0 Å². The molecule has 0 N–H and O–H groups in total. The molecular formula is C11H13FNO. The van der Waals surface area contributed by atoms with E-state index < -0.39 is 5.82 Å². The fourth-order valence-electron chi connectivity index (χ4n) is 1.25. The van der Waals surface area contributed by atoms with E-state index in [1.165, 1.54) is 12.4 Å². The number of nitrogens with zero attached hydrogens (tertiary/aromatic N) is 1. The summed E-state index contributed by atoms with van der Waals surface area (Å²) in [7, 11) is 0. The number of pyridine rings is 1. The number of carbonyl (C=O) groups excluding carboxylic acids is 1. The lowest BCUT2D eigenvalue weighted by atomic mass is 10.1. The van der Waals surface area contributed by atoms with Crippen molar-refractivity contribution in [1.29, 1.82) is 0 Å². The fraction of sp³-hybridized carbons (Fsp3) is 0.455. The second-order valence-electron chi connectivity index (χ2n) is 3.19. The van der Waals surface area contributed by atoms with Crippen LogP contribution in [-0.2, 0) is 11.2 Å². The van der Waals surface area contributed by atoms with Crippen LogP contribution in [0, 0.1) is 5.82 Å². The zero-order valence-corrected chi connectivity index (χ0v) is 8.22. The molecule has 0 aliphatic heterocycles. The van der Waals surface area contributed by atoms with Crippen LogP contribution in [0.1, 0.15) is 37.6 Å². The molecule has 1 radical (unpaired) electrons. The smallest absolute Gasteiger partial charge is 0.256 e. The highest BCUT2D eigenvalue weighted by molar-refractivity contribution is 5.72. The van der Waals surface area contributed by atoms with Gasteiger partial charge in [-0.1, -0.05) is 19.8 Å². The molecule has 2 nitrogen and oxygen atoms in total. The minimum atomic E-state index is -0.598. The largest absolute Gasteiger partial charge is 0.283 e. The fourth-order valence-corrected chi connectivity index (χ4v) is 1.25. The molecule has 0 saturated carbocycles. The van der Waals surface area contributed by atoms with Crippen molar-refractivity contribution in [2.24, 2.45) is 0 Å². The van der Waals surface area contributed by atoms with Crippen LogP contribution in [0.4, 0.5) is 4.39 Å². The van der Waals surface area contributed by atoms with Gasteiger partial charge in [0.15, 0.2) is 11.5 Å². The Bertz CT molecular complexity index is 312. The summed E-state index contributed by atoms with van der Waals surface area (Å²) in [6, 6.07) is 2.89. The Morgan fingerprint density at radius 1 is 1.43 bits per heavy atom. The summed E-state index contributed by atoms with van der Waals surface area (Å²) < 4.78 is 12.8. The standard InChI is InChI=1S/C11H13FNO/c1-2-3-4-5-9-6-7-10(12)11(8-14)13-9/h6-7H,2-5H2,1H3. The third kappa shape index (κ3) is 2.91. The van der Waals surface area contributed by atoms with Gasteiger partial charge in [0.25, 0.3) is 6.29 Å². The normalized spacial score (nSPS) is 10.1. The molecule has 0 aromatic carbocycles. The molecule has 75 valence electrons. The minimum absolute atomic E-state index is 0.209. The number of rotatable bonds is 5. The average Bonchev–Trinajstić information content (AvgIpc) is 2.21. The van der Waals surface area contributed by atoms with Gasteiger partial charge < -0.3 is 0 Å². The highest BCUT2D eigenvalue weighted by Gasteiger charge is 2.04. The SMILES string of the molecule is CCCCCc1ccc(F)c([C]=O)n1. The Morgan fingerprint density at radius 2 is 2.21 bits per heavy atom. The highest BCUT2D eigenvalue weighted by Crippen LogP contribution is 2.07. The van der Waals surface area contributed by atoms with Gasteiger partial charge in [-0.2, -0.15) is 0 Å². The Morgan fingerprint density at radius 3 is 2.86 bits per heavy atom. The predicted octanol–water partition coefficient (Wildman–Crippen LogP) is 2.41. The van der Waals surface area contributed by atoms with Gasteiger partial charge in [-0.05, 0) is 25.0 Å². The molecule has 1 rings (SSSR count). The number of halogens is 1. The van der Waals surface area contributed by atoms with Crippen molar-refractivity contribution < 1.29 is 9.18 Å². The quantitative estimate of drug-likeness (QED) is 0.674. The van der Waals surface area contributed by atoms with Crippen LogP contribution >= 0.6 is 0 Å². The van der Waals surface area contributed by atoms with E-state index in [2.05, 4.69) is 11.9 Å². The van der Waals surface area contributed by atoms with Gasteiger partial charge in [-0.15, -0.1) is 0 Å². The second-order valence-corrected chi connectivity index (χ2v) is 3.19. The summed E-state index contributed by atoms with van der Waals surface area (Å²) in [6.45, 7) is 2.11. The average molecular weight is 194 g/mol. The molecule has 0 bridgehead atoms. The highest BCUT2D eigenvalue weighted by atomic mass is 19.1. The first kappa shape index (κ1) is 10.8. The van der Waals surface area contributed by atoms with Crippen molar-refractivity contribution in [3.63, 3.8) is 0 Å². The molecule has 0 atom stereocenters. The number of hydrogen-bond donors (Lipinski definition) is 0. The Hall–Kier alpha value is -1.25. The molecule has 14 heavy (non-hydrogen) atoms. The van der Waals surface area contributed by atoms with Crippen molar-refractivity contribution in [1.82, 2.24) is 4.98 Å². The second kappa shape index (κ2) is 5.47. The van der Waals surface area contributed by atoms with Crippen LogP contribution < -0.4 is 0 Å². The first-order chi connectivity index (χ1) is 6.77. The zero-order chi connectivity index (χ0) is 10.4. The van der Waals surface area contributed by atoms with Crippen LogP contribution in [0.15, 0.2) is 12.1 Å². The maximum absolute atomic E-state index is 12.8. The molecule has 3 heteroatoms. The summed E-state index contributed by atoms with van der Waals surface area (Å²) in [6.07, 6.45) is 5.56. The van der Waals surface area contributed by atoms with E-state index in [4.69, 9.17) is 0 Å². The summed E-state index contributed by atoms with van der Waals surface area (Å²) >= 11 is 0. The lowest BCUT2D eigenvalue weighted by Gasteiger charge is -2.00. The molecule has 0 aliphatic rings. The minimum Gasteiger partial charge on any atom is -0.283 e. The Balaban J connectivity index is 2.64. The first-order valence-corrected chi connectivity index (χ1v) is 4.81. The first-order valence-electron chi connectivity index (χ1n) is 4.81. The molecule has 1 heterocycles. The molecule has 0 aliphatic carbocycles. The van der Waals surface area contributed by atoms with Gasteiger partial charge in [0.1, 0.15) is 0 Å². The lowest BCUT2D eigenvalue weighted by Crippen LogP contribution is -1.98. The van der Waals surface area contributed by atoms with E-state index in [0.717, 1.165) is 31.4 Å². The van der Waals surface area contributed by atoms with Crippen molar-refractivity contribution in [3.8, 4) is 0 Å². The maximum atomic E-state index is 12.8. The number of aromatic nitrogens is 1. The van der Waals surface area contributed by atoms with Gasteiger partial charge in [0.2, 0.25) is 0 Å². The van der Waals surface area contributed by atoms with E-state index in [1.807, 2.05) is 0 Å². The molecule has 1 aromatic rings. The van der Waals surface area contributed by atoms with Gasteiger partial charge in [0, 0.05) is 5.69 Å². The summed E-state index contributed by atoms with van der Waals surface area (Å²) in [5.41, 5.74) is 0.553. The monoisotopic (exact) mass is 194 g/mol. The number of unbranched alkanes of at least 4 members (excludes halogenated alkanes) is 2. The Labute approximate surface area is 83.2 Å². The zero-order valence-electron chi connectivity index (χ0n) is 8.22. The van der Waals surface area contributed by atoms with Gasteiger partial charge in [0.05, 0.1) is 0 Å². The third-order valence-corrected chi connectivity index (χ3v) is 2.04. The Kier molecular flexibility index (Phi) is 4.23. The molecule has 1 aromatic heterocycles. The van der Waals surface area contributed by atoms with E-state index in [-0.39, 0.29) is 5.69 Å². The summed E-state index contributed by atoms with van der Waals surface area (Å²) in [4.78, 5) is 14.1. The predicted molar refractivity (Wildman–Crippen MR) is 52.2 cm³/mol. The molecule has 0 unspecified atom stereocenters. The van der Waals surface area contributed by atoms with Gasteiger partial charge in [-0.25, -0.2) is 9.37 Å². The maximum Gasteiger partial charge on any atom is 0.256 e. The molecule has 0 fully saturated rings. The summed E-state index contributed by atoms with van der Waals surface area (Å²) in [5, 5.41) is 0.